The smallest absolute Gasteiger partial charge is 0.410 e. The highest BCUT2D eigenvalue weighted by Crippen LogP contribution is 2.20. The predicted octanol–water partition coefficient (Wildman–Crippen LogP) is 3.12. The Morgan fingerprint density at radius 3 is 2.76 bits per heavy atom. The first-order valence-corrected chi connectivity index (χ1v) is 7.42. The molecule has 5 nitrogen and oxygen atoms in total. The molecule has 0 aromatic carbocycles. The first-order chi connectivity index (χ1) is 9.74. The van der Waals surface area contributed by atoms with Crippen molar-refractivity contribution in [3.63, 3.8) is 0 Å². The van der Waals surface area contributed by atoms with Crippen LogP contribution in [0.25, 0.3) is 0 Å². The third-order valence-electron chi connectivity index (χ3n) is 3.40. The molecule has 116 valence electrons. The Balaban J connectivity index is 1.92. The van der Waals surface area contributed by atoms with E-state index in [4.69, 9.17) is 4.74 Å². The van der Waals surface area contributed by atoms with Crippen LogP contribution in [0.3, 0.4) is 0 Å². The van der Waals surface area contributed by atoms with Gasteiger partial charge in [-0.2, -0.15) is 0 Å². The summed E-state index contributed by atoms with van der Waals surface area (Å²) in [5.74, 6) is 0.900. The van der Waals surface area contributed by atoms with Gasteiger partial charge in [-0.15, -0.1) is 0 Å². The second-order valence-corrected chi connectivity index (χ2v) is 6.73. The van der Waals surface area contributed by atoms with E-state index in [0.717, 1.165) is 29.9 Å². The number of anilines is 1. The van der Waals surface area contributed by atoms with Crippen molar-refractivity contribution in [3.05, 3.63) is 23.4 Å². The molecule has 0 spiro atoms. The van der Waals surface area contributed by atoms with Gasteiger partial charge in [0, 0.05) is 25.3 Å². The molecule has 2 heterocycles. The average Bonchev–Trinajstić information content (AvgIpc) is 2.79. The lowest BCUT2D eigenvalue weighted by Crippen LogP contribution is -2.36. The van der Waals surface area contributed by atoms with Gasteiger partial charge < -0.3 is 15.0 Å². The monoisotopic (exact) mass is 291 g/mol. The van der Waals surface area contributed by atoms with E-state index in [9.17, 15) is 4.79 Å². The Labute approximate surface area is 126 Å². The van der Waals surface area contributed by atoms with Gasteiger partial charge in [0.2, 0.25) is 0 Å². The molecule has 2 rings (SSSR count). The van der Waals surface area contributed by atoms with Crippen LogP contribution in [0.1, 0.15) is 38.3 Å². The van der Waals surface area contributed by atoms with Crippen LogP contribution in [0.5, 0.6) is 0 Å². The quantitative estimate of drug-likeness (QED) is 0.909. The summed E-state index contributed by atoms with van der Waals surface area (Å²) in [6, 6.07) is 2.34. The summed E-state index contributed by atoms with van der Waals surface area (Å²) in [6.45, 7) is 11.1. The van der Waals surface area contributed by atoms with Gasteiger partial charge in [0.25, 0.3) is 0 Å². The first-order valence-electron chi connectivity index (χ1n) is 7.42. The molecule has 1 aliphatic rings. The number of pyridine rings is 1. The Bertz CT molecular complexity index is 523. The molecule has 5 heteroatoms. The zero-order valence-electron chi connectivity index (χ0n) is 13.6. The third-order valence-corrected chi connectivity index (χ3v) is 3.40. The van der Waals surface area contributed by atoms with Gasteiger partial charge in [-0.05, 0) is 52.2 Å². The molecule has 1 aromatic rings. The number of nitrogens with zero attached hydrogens (tertiary/aromatic N) is 2. The van der Waals surface area contributed by atoms with Crippen LogP contribution in [0.4, 0.5) is 10.6 Å². The summed E-state index contributed by atoms with van der Waals surface area (Å²) < 4.78 is 5.40. The molecule has 21 heavy (non-hydrogen) atoms. The van der Waals surface area contributed by atoms with Crippen LogP contribution in [0, 0.1) is 13.8 Å². The zero-order chi connectivity index (χ0) is 15.6. The minimum Gasteiger partial charge on any atom is -0.444 e. The normalized spacial score (nSPS) is 18.7. The van der Waals surface area contributed by atoms with Crippen LogP contribution < -0.4 is 5.32 Å². The van der Waals surface area contributed by atoms with Gasteiger partial charge in [-0.1, -0.05) is 6.07 Å². The summed E-state index contributed by atoms with van der Waals surface area (Å²) in [5.41, 5.74) is 1.84. The lowest BCUT2D eigenvalue weighted by atomic mass is 10.2. The van der Waals surface area contributed by atoms with Gasteiger partial charge >= 0.3 is 6.09 Å². The highest BCUT2D eigenvalue weighted by molar-refractivity contribution is 5.68. The first kappa shape index (κ1) is 15.6. The fourth-order valence-electron chi connectivity index (χ4n) is 2.43. The molecule has 1 saturated heterocycles. The van der Waals surface area contributed by atoms with Crippen LogP contribution in [0.15, 0.2) is 12.3 Å². The molecular formula is C16H25N3O2. The van der Waals surface area contributed by atoms with Gasteiger partial charge in [0.1, 0.15) is 11.4 Å². The Morgan fingerprint density at radius 2 is 2.14 bits per heavy atom. The van der Waals surface area contributed by atoms with Crippen molar-refractivity contribution in [1.82, 2.24) is 9.88 Å². The van der Waals surface area contributed by atoms with Crippen molar-refractivity contribution in [1.29, 1.82) is 0 Å². The number of rotatable bonds is 2. The van der Waals surface area contributed by atoms with Crippen molar-refractivity contribution in [3.8, 4) is 0 Å². The summed E-state index contributed by atoms with van der Waals surface area (Å²) in [4.78, 5) is 18.2. The van der Waals surface area contributed by atoms with Gasteiger partial charge in [0.05, 0.1) is 0 Å². The number of aryl methyl sites for hydroxylation is 2. The molecule has 0 saturated carbocycles. The topological polar surface area (TPSA) is 54.5 Å². The van der Waals surface area contributed by atoms with E-state index in [2.05, 4.69) is 16.4 Å². The van der Waals surface area contributed by atoms with Crippen molar-refractivity contribution >= 4 is 11.9 Å². The number of likely N-dealkylation sites (tertiary alicyclic amines) is 1. The number of carbonyl (C=O) groups is 1. The molecule has 1 aromatic heterocycles. The number of ether oxygens (including phenoxy) is 1. The fourth-order valence-corrected chi connectivity index (χ4v) is 2.43. The highest BCUT2D eigenvalue weighted by Gasteiger charge is 2.29. The van der Waals surface area contributed by atoms with Gasteiger partial charge in [0.15, 0.2) is 0 Å². The summed E-state index contributed by atoms with van der Waals surface area (Å²) in [5, 5.41) is 3.42. The molecule has 1 amide bonds. The second-order valence-electron chi connectivity index (χ2n) is 6.73. The zero-order valence-corrected chi connectivity index (χ0v) is 13.6. The van der Waals surface area contributed by atoms with E-state index >= 15 is 0 Å². The minimum absolute atomic E-state index is 0.228. The third kappa shape index (κ3) is 4.34. The maximum Gasteiger partial charge on any atom is 0.410 e. The Hall–Kier alpha value is -1.78. The van der Waals surface area contributed by atoms with E-state index in [1.807, 2.05) is 40.8 Å². The maximum absolute atomic E-state index is 12.0. The average molecular weight is 291 g/mol. The number of nitrogens with one attached hydrogen (secondary N) is 1. The van der Waals surface area contributed by atoms with Crippen LogP contribution in [-0.2, 0) is 4.74 Å². The summed E-state index contributed by atoms with van der Waals surface area (Å²) in [6.07, 6.45) is 2.53. The predicted molar refractivity (Wildman–Crippen MR) is 83.5 cm³/mol. The standard InChI is InChI=1S/C16H25N3O2/c1-11-8-12(2)14(17-9-11)18-13-6-7-19(10-13)15(20)21-16(3,4)5/h8-9,13H,6-7,10H2,1-5H3,(H,17,18)/t13-/m1/s1. The van der Waals surface area contributed by atoms with E-state index < -0.39 is 5.60 Å². The molecule has 1 N–H and O–H groups in total. The molecule has 0 radical (unpaired) electrons. The number of hydrogen-bond donors (Lipinski definition) is 1. The molecule has 1 aliphatic heterocycles. The van der Waals surface area contributed by atoms with Gasteiger partial charge in [-0.25, -0.2) is 9.78 Å². The Kier molecular flexibility index (Phi) is 4.40. The van der Waals surface area contributed by atoms with E-state index in [0.29, 0.717) is 6.54 Å². The highest BCUT2D eigenvalue weighted by atomic mass is 16.6. The van der Waals surface area contributed by atoms with Crippen molar-refractivity contribution in [2.24, 2.45) is 0 Å². The SMILES string of the molecule is Cc1cnc(N[C@@H]2CCN(C(=O)OC(C)(C)C)C2)c(C)c1. The number of amides is 1. The Morgan fingerprint density at radius 1 is 1.43 bits per heavy atom. The van der Waals surface area contributed by atoms with Crippen molar-refractivity contribution < 1.29 is 9.53 Å². The van der Waals surface area contributed by atoms with E-state index in [1.54, 1.807) is 4.90 Å². The molecular weight excluding hydrogens is 266 g/mol. The number of aromatic nitrogens is 1. The molecule has 1 fully saturated rings. The van der Waals surface area contributed by atoms with Crippen molar-refractivity contribution in [2.45, 2.75) is 52.7 Å². The lowest BCUT2D eigenvalue weighted by Gasteiger charge is -2.24. The van der Waals surface area contributed by atoms with Crippen LogP contribution in [0.2, 0.25) is 0 Å². The van der Waals surface area contributed by atoms with E-state index in [-0.39, 0.29) is 12.1 Å². The summed E-state index contributed by atoms with van der Waals surface area (Å²) >= 11 is 0. The van der Waals surface area contributed by atoms with E-state index in [1.165, 1.54) is 0 Å². The summed E-state index contributed by atoms with van der Waals surface area (Å²) in [7, 11) is 0. The number of carbonyl (C=O) groups excluding carboxylic acids is 1. The van der Waals surface area contributed by atoms with Crippen molar-refractivity contribution in [2.75, 3.05) is 18.4 Å². The minimum atomic E-state index is -0.447. The largest absolute Gasteiger partial charge is 0.444 e. The molecule has 1 atom stereocenters. The maximum atomic E-state index is 12.0. The fraction of sp³-hybridized carbons (Fsp3) is 0.625. The van der Waals surface area contributed by atoms with Gasteiger partial charge in [-0.3, -0.25) is 0 Å². The van der Waals surface area contributed by atoms with Crippen LogP contribution >= 0.6 is 0 Å². The molecule has 0 unspecified atom stereocenters. The number of hydrogen-bond acceptors (Lipinski definition) is 4. The lowest BCUT2D eigenvalue weighted by molar-refractivity contribution is 0.0293. The molecule has 0 bridgehead atoms. The van der Waals surface area contributed by atoms with Crippen LogP contribution in [-0.4, -0.2) is 40.7 Å². The second kappa shape index (κ2) is 5.92. The molecule has 0 aliphatic carbocycles.